The van der Waals surface area contributed by atoms with Gasteiger partial charge in [-0.1, -0.05) is 36.8 Å². The van der Waals surface area contributed by atoms with Crippen molar-refractivity contribution in [1.82, 2.24) is 20.1 Å². The molecule has 1 aliphatic heterocycles. The maximum Gasteiger partial charge on any atom is 0.248 e. The molecular formula is C34H46N4O5. The molecule has 0 radical (unpaired) electrons. The van der Waals surface area contributed by atoms with Gasteiger partial charge in [-0.15, -0.1) is 0 Å². The number of carbonyl (C=O) groups excluding carboxylic acids is 1. The van der Waals surface area contributed by atoms with Gasteiger partial charge in [0.2, 0.25) is 11.5 Å². The van der Waals surface area contributed by atoms with Crippen molar-refractivity contribution in [3.05, 3.63) is 75.6 Å². The van der Waals surface area contributed by atoms with E-state index in [2.05, 4.69) is 39.5 Å². The van der Waals surface area contributed by atoms with E-state index in [4.69, 9.17) is 4.74 Å². The minimum atomic E-state index is -0.839. The van der Waals surface area contributed by atoms with Crippen molar-refractivity contribution in [2.75, 3.05) is 59.5 Å². The maximum atomic E-state index is 12.5. The molecule has 2 heterocycles. The molecule has 1 amide bonds. The lowest BCUT2D eigenvalue weighted by Gasteiger charge is -2.19. The molecule has 1 aromatic heterocycles. The van der Waals surface area contributed by atoms with E-state index in [1.807, 2.05) is 0 Å². The Morgan fingerprint density at radius 2 is 1.86 bits per heavy atom. The van der Waals surface area contributed by atoms with Crippen molar-refractivity contribution >= 4 is 16.8 Å². The molecule has 1 saturated heterocycles. The van der Waals surface area contributed by atoms with E-state index in [1.165, 1.54) is 55.6 Å². The highest BCUT2D eigenvalue weighted by Crippen LogP contribution is 2.37. The number of hydrogen-bond acceptors (Lipinski definition) is 7. The number of nitrogens with one attached hydrogen (secondary N) is 2. The molecule has 43 heavy (non-hydrogen) atoms. The van der Waals surface area contributed by atoms with E-state index >= 15 is 0 Å². The molecule has 0 bridgehead atoms. The third kappa shape index (κ3) is 8.44. The lowest BCUT2D eigenvalue weighted by molar-refractivity contribution is -0.131. The molecule has 1 saturated carbocycles. The van der Waals surface area contributed by atoms with E-state index in [9.17, 15) is 19.8 Å². The number of likely N-dealkylation sites (N-methyl/N-ethyl adjacent to an activating group) is 1. The van der Waals surface area contributed by atoms with Gasteiger partial charge >= 0.3 is 0 Å². The van der Waals surface area contributed by atoms with Crippen LogP contribution in [0, 0.1) is 11.8 Å². The summed E-state index contributed by atoms with van der Waals surface area (Å²) in [4.78, 5) is 31.1. The number of aromatic hydroxyl groups is 1. The molecular weight excluding hydrogens is 544 g/mol. The molecule has 3 aromatic rings. The molecule has 9 heteroatoms. The van der Waals surface area contributed by atoms with E-state index in [-0.39, 0.29) is 23.8 Å². The monoisotopic (exact) mass is 590 g/mol. The lowest BCUT2D eigenvalue weighted by Crippen LogP contribution is -2.35. The third-order valence-corrected chi connectivity index (χ3v) is 9.16. The highest BCUT2D eigenvalue weighted by Gasteiger charge is 2.35. The SMILES string of the molecule is CN(CCNCC(O)c1ccc(O)c2[nH]c(=O)ccc12)C(=O)CCOCCc1cccc(CCN2C[C@H]3CCC[C@H]3C2)c1. The second kappa shape index (κ2) is 15.0. The molecule has 2 aliphatic rings. The minimum Gasteiger partial charge on any atom is -0.506 e. The van der Waals surface area contributed by atoms with Crippen LogP contribution in [0.3, 0.4) is 0 Å². The van der Waals surface area contributed by atoms with Gasteiger partial charge in [0.1, 0.15) is 5.75 Å². The number of carbonyl (C=O) groups is 1. The fourth-order valence-corrected chi connectivity index (χ4v) is 6.65. The van der Waals surface area contributed by atoms with Crippen molar-refractivity contribution in [2.45, 2.75) is 44.6 Å². The highest BCUT2D eigenvalue weighted by atomic mass is 16.5. The van der Waals surface area contributed by atoms with Crippen LogP contribution in [0.4, 0.5) is 0 Å². The zero-order chi connectivity index (χ0) is 30.2. The van der Waals surface area contributed by atoms with E-state index in [0.717, 1.165) is 31.2 Å². The first-order chi connectivity index (χ1) is 20.9. The summed E-state index contributed by atoms with van der Waals surface area (Å²) in [6.07, 6.45) is 5.70. The number of hydrogen-bond donors (Lipinski definition) is 4. The first-order valence-electron chi connectivity index (χ1n) is 15.7. The number of phenolic OH excluding ortho intramolecular Hbond substituents is 1. The lowest BCUT2D eigenvalue weighted by atomic mass is 10.0. The van der Waals surface area contributed by atoms with Gasteiger partial charge in [0, 0.05) is 57.8 Å². The van der Waals surface area contributed by atoms with Crippen molar-refractivity contribution < 1.29 is 19.7 Å². The molecule has 3 atom stereocenters. The van der Waals surface area contributed by atoms with Gasteiger partial charge in [-0.05, 0) is 66.3 Å². The molecule has 5 rings (SSSR count). The largest absolute Gasteiger partial charge is 0.506 e. The van der Waals surface area contributed by atoms with Gasteiger partial charge in [-0.2, -0.15) is 0 Å². The van der Waals surface area contributed by atoms with Crippen LogP contribution in [0.15, 0.2) is 53.3 Å². The smallest absolute Gasteiger partial charge is 0.248 e. The number of aromatic nitrogens is 1. The summed E-state index contributed by atoms with van der Waals surface area (Å²) < 4.78 is 5.79. The van der Waals surface area contributed by atoms with Crippen LogP contribution in [0.25, 0.3) is 10.9 Å². The summed E-state index contributed by atoms with van der Waals surface area (Å²) in [6.45, 7) is 5.99. The number of aromatic amines is 1. The predicted octanol–water partition coefficient (Wildman–Crippen LogP) is 3.24. The summed E-state index contributed by atoms with van der Waals surface area (Å²) in [5, 5.41) is 24.5. The molecule has 2 fully saturated rings. The van der Waals surface area contributed by atoms with Gasteiger partial charge < -0.3 is 35.1 Å². The van der Waals surface area contributed by atoms with Crippen LogP contribution in [-0.2, 0) is 22.4 Å². The average Bonchev–Trinajstić information content (AvgIpc) is 3.61. The summed E-state index contributed by atoms with van der Waals surface area (Å²) in [5.74, 6) is 1.87. The van der Waals surface area contributed by atoms with Crippen LogP contribution in [0.5, 0.6) is 5.75 Å². The predicted molar refractivity (Wildman–Crippen MR) is 168 cm³/mol. The van der Waals surface area contributed by atoms with Gasteiger partial charge in [0.25, 0.3) is 0 Å². The fourth-order valence-electron chi connectivity index (χ4n) is 6.65. The Hall–Kier alpha value is -3.24. The number of nitrogens with zero attached hydrogens (tertiary/aromatic N) is 2. The van der Waals surface area contributed by atoms with Gasteiger partial charge in [0.15, 0.2) is 0 Å². The number of rotatable bonds is 15. The molecule has 9 nitrogen and oxygen atoms in total. The number of ether oxygens (including phenoxy) is 1. The molecule has 1 aliphatic carbocycles. The second-order valence-corrected chi connectivity index (χ2v) is 12.2. The van der Waals surface area contributed by atoms with Crippen molar-refractivity contribution in [1.29, 1.82) is 0 Å². The zero-order valence-corrected chi connectivity index (χ0v) is 25.3. The van der Waals surface area contributed by atoms with E-state index in [0.29, 0.717) is 49.2 Å². The van der Waals surface area contributed by atoms with Crippen LogP contribution >= 0.6 is 0 Å². The number of aliphatic hydroxyl groups excluding tert-OH is 1. The first-order valence-corrected chi connectivity index (χ1v) is 15.7. The van der Waals surface area contributed by atoms with E-state index in [1.54, 1.807) is 24.1 Å². The molecule has 4 N–H and O–H groups in total. The van der Waals surface area contributed by atoms with Crippen molar-refractivity contribution in [3.63, 3.8) is 0 Å². The molecule has 0 spiro atoms. The standard InChI is InChI=1S/C34H46N4O5/c1-37(17-15-35-21-31(40)28-8-10-30(39)34-29(28)9-11-32(41)36-34)33(42)14-19-43-18-13-25-5-2-4-24(20-25)12-16-38-22-26-6-3-7-27(26)23-38/h2,4-5,8-11,20,26-27,31,35,39-40H,3,6-7,12-19,21-23H2,1H3,(H,36,41)/t26-,27+,31?. The number of pyridine rings is 1. The summed E-state index contributed by atoms with van der Waals surface area (Å²) >= 11 is 0. The summed E-state index contributed by atoms with van der Waals surface area (Å²) in [6, 6.07) is 14.9. The van der Waals surface area contributed by atoms with Crippen LogP contribution in [-0.4, -0.2) is 90.4 Å². The third-order valence-electron chi connectivity index (χ3n) is 9.16. The quantitative estimate of drug-likeness (QED) is 0.201. The molecule has 1 unspecified atom stereocenters. The molecule has 232 valence electrons. The Kier molecular flexibility index (Phi) is 10.9. The maximum absolute atomic E-state index is 12.5. The van der Waals surface area contributed by atoms with Crippen LogP contribution < -0.4 is 10.9 Å². The van der Waals surface area contributed by atoms with Crippen molar-refractivity contribution in [2.24, 2.45) is 11.8 Å². The number of H-pyrrole nitrogens is 1. The second-order valence-electron chi connectivity index (χ2n) is 12.2. The number of likely N-dealkylation sites (tertiary alicyclic amines) is 1. The van der Waals surface area contributed by atoms with Crippen LogP contribution in [0.2, 0.25) is 0 Å². The van der Waals surface area contributed by atoms with Gasteiger partial charge in [0.05, 0.1) is 31.3 Å². The molecule has 2 aromatic carbocycles. The Morgan fingerprint density at radius 3 is 2.65 bits per heavy atom. The first kappa shape index (κ1) is 31.2. The zero-order valence-electron chi connectivity index (χ0n) is 25.3. The number of amides is 1. The Bertz CT molecular complexity index is 1410. The Labute approximate surface area is 253 Å². The fraction of sp³-hybridized carbons (Fsp3) is 0.529. The Balaban J connectivity index is 0.941. The van der Waals surface area contributed by atoms with Crippen molar-refractivity contribution in [3.8, 4) is 5.75 Å². The summed E-state index contributed by atoms with van der Waals surface area (Å²) in [7, 11) is 1.77. The normalized spacial score (nSPS) is 19.1. The minimum absolute atomic E-state index is 0.0175. The van der Waals surface area contributed by atoms with Gasteiger partial charge in [-0.25, -0.2) is 0 Å². The van der Waals surface area contributed by atoms with Gasteiger partial charge in [-0.3, -0.25) is 9.59 Å². The number of aliphatic hydroxyl groups is 1. The summed E-state index contributed by atoms with van der Waals surface area (Å²) in [5.41, 5.74) is 3.26. The average molecular weight is 591 g/mol. The Morgan fingerprint density at radius 1 is 1.09 bits per heavy atom. The van der Waals surface area contributed by atoms with Crippen LogP contribution in [0.1, 0.15) is 48.5 Å². The van der Waals surface area contributed by atoms with E-state index < -0.39 is 6.10 Å². The number of phenols is 1. The topological polar surface area (TPSA) is 118 Å². The number of benzene rings is 2. The number of fused-ring (bicyclic) bond motifs is 2. The highest BCUT2D eigenvalue weighted by molar-refractivity contribution is 5.87.